The van der Waals surface area contributed by atoms with Crippen molar-refractivity contribution in [3.63, 3.8) is 0 Å². The number of likely N-dealkylation sites (tertiary alicyclic amines) is 1. The number of carbonyl (C=O) groups is 2. The van der Waals surface area contributed by atoms with Crippen molar-refractivity contribution in [1.82, 2.24) is 9.88 Å². The van der Waals surface area contributed by atoms with E-state index >= 15 is 0 Å². The second-order valence-corrected chi connectivity index (χ2v) is 8.60. The lowest BCUT2D eigenvalue weighted by Crippen LogP contribution is -2.35. The molecule has 0 aliphatic carbocycles. The van der Waals surface area contributed by atoms with Gasteiger partial charge in [0.25, 0.3) is 5.91 Å². The Bertz CT molecular complexity index is 1220. The van der Waals surface area contributed by atoms with Crippen LogP contribution in [0.25, 0.3) is 0 Å². The van der Waals surface area contributed by atoms with Crippen LogP contribution in [-0.2, 0) is 6.42 Å². The predicted molar refractivity (Wildman–Crippen MR) is 130 cm³/mol. The highest BCUT2D eigenvalue weighted by molar-refractivity contribution is 6.30. The number of carbonyl (C=O) groups excluding carboxylic acids is 2. The molecular weight excluding hydrogens is 455 g/mol. The Morgan fingerprint density at radius 3 is 2.50 bits per heavy atom. The van der Waals surface area contributed by atoms with Gasteiger partial charge in [-0.15, -0.1) is 0 Å². The Morgan fingerprint density at radius 1 is 1.03 bits per heavy atom. The SMILES string of the molecule is N=C(c1ccc(C(=O)Cc2ccccc2C(=O)Nc2ccc(Cl)cn2)c(F)c1)N1CCCCC1. The summed E-state index contributed by atoms with van der Waals surface area (Å²) in [4.78, 5) is 31.7. The van der Waals surface area contributed by atoms with Crippen molar-refractivity contribution in [3.05, 3.63) is 93.9 Å². The summed E-state index contributed by atoms with van der Waals surface area (Å²) in [5.74, 6) is -0.942. The topological polar surface area (TPSA) is 86.1 Å². The number of anilines is 1. The monoisotopic (exact) mass is 478 g/mol. The third kappa shape index (κ3) is 5.48. The van der Waals surface area contributed by atoms with Crippen LogP contribution in [0.1, 0.15) is 51.1 Å². The summed E-state index contributed by atoms with van der Waals surface area (Å²) in [7, 11) is 0. The van der Waals surface area contributed by atoms with Gasteiger partial charge in [-0.1, -0.05) is 35.9 Å². The molecule has 1 fully saturated rings. The van der Waals surface area contributed by atoms with E-state index in [0.29, 0.717) is 27.5 Å². The van der Waals surface area contributed by atoms with E-state index in [1.54, 1.807) is 42.5 Å². The third-order valence-electron chi connectivity index (χ3n) is 5.80. The summed E-state index contributed by atoms with van der Waals surface area (Å²) in [5.41, 5.74) is 1.16. The molecule has 0 atom stereocenters. The molecule has 0 bridgehead atoms. The molecular formula is C26H24ClFN4O2. The van der Waals surface area contributed by atoms with Gasteiger partial charge >= 0.3 is 0 Å². The molecule has 2 N–H and O–H groups in total. The Morgan fingerprint density at radius 2 is 1.79 bits per heavy atom. The average molecular weight is 479 g/mol. The maximum Gasteiger partial charge on any atom is 0.257 e. The number of Topliss-reactive ketones (excluding diaryl/α,β-unsaturated/α-hetero) is 1. The first-order valence-electron chi connectivity index (χ1n) is 11.1. The quantitative estimate of drug-likeness (QED) is 0.283. The van der Waals surface area contributed by atoms with Crippen molar-refractivity contribution in [3.8, 4) is 0 Å². The molecule has 2 heterocycles. The van der Waals surface area contributed by atoms with Gasteiger partial charge in [0.05, 0.1) is 10.6 Å². The van der Waals surface area contributed by atoms with Crippen LogP contribution >= 0.6 is 11.6 Å². The number of benzene rings is 2. The predicted octanol–water partition coefficient (Wildman–Crippen LogP) is 5.36. The van der Waals surface area contributed by atoms with Gasteiger partial charge in [-0.25, -0.2) is 9.37 Å². The number of piperidine rings is 1. The maximum atomic E-state index is 14.9. The zero-order valence-electron chi connectivity index (χ0n) is 18.5. The van der Waals surface area contributed by atoms with Crippen molar-refractivity contribution in [1.29, 1.82) is 5.41 Å². The standard InChI is InChI=1S/C26H24ClFN4O2/c27-19-9-11-24(30-16-19)31-26(34)20-7-3-2-6-17(20)15-23(33)21-10-8-18(14-22(21)28)25(29)32-12-4-1-5-13-32/h2-3,6-11,14,16,29H,1,4-5,12-13,15H2,(H,30,31,34). The number of halogens is 2. The second-order valence-electron chi connectivity index (χ2n) is 8.16. The number of ketones is 1. The molecule has 1 aliphatic heterocycles. The van der Waals surface area contributed by atoms with E-state index < -0.39 is 17.5 Å². The smallest absolute Gasteiger partial charge is 0.257 e. The normalized spacial score (nSPS) is 13.4. The molecule has 0 radical (unpaired) electrons. The molecule has 1 amide bonds. The van der Waals surface area contributed by atoms with Crippen molar-refractivity contribution in [2.24, 2.45) is 0 Å². The number of hydrogen-bond acceptors (Lipinski definition) is 4. The van der Waals surface area contributed by atoms with Crippen LogP contribution in [0, 0.1) is 11.2 Å². The maximum absolute atomic E-state index is 14.9. The van der Waals surface area contributed by atoms with Gasteiger partial charge in [0, 0.05) is 36.8 Å². The molecule has 1 aromatic heterocycles. The summed E-state index contributed by atoms with van der Waals surface area (Å²) in [6.45, 7) is 1.57. The molecule has 8 heteroatoms. The molecule has 1 aliphatic rings. The third-order valence-corrected chi connectivity index (χ3v) is 6.02. The number of pyridine rings is 1. The minimum Gasteiger partial charge on any atom is -0.357 e. The number of hydrogen-bond donors (Lipinski definition) is 2. The molecule has 6 nitrogen and oxygen atoms in total. The van der Waals surface area contributed by atoms with E-state index in [1.807, 2.05) is 4.90 Å². The zero-order valence-corrected chi connectivity index (χ0v) is 19.2. The van der Waals surface area contributed by atoms with Gasteiger partial charge in [0.1, 0.15) is 17.5 Å². The van der Waals surface area contributed by atoms with Crippen LogP contribution < -0.4 is 5.32 Å². The van der Waals surface area contributed by atoms with Gasteiger partial charge in [-0.3, -0.25) is 15.0 Å². The summed E-state index contributed by atoms with van der Waals surface area (Å²) in [6.07, 6.45) is 4.45. The minimum atomic E-state index is -0.670. The van der Waals surface area contributed by atoms with E-state index in [4.69, 9.17) is 17.0 Å². The van der Waals surface area contributed by atoms with Crippen LogP contribution in [0.15, 0.2) is 60.8 Å². The van der Waals surface area contributed by atoms with Crippen LogP contribution in [0.3, 0.4) is 0 Å². The van der Waals surface area contributed by atoms with Gasteiger partial charge < -0.3 is 10.2 Å². The van der Waals surface area contributed by atoms with Crippen LogP contribution in [0.2, 0.25) is 5.02 Å². The summed E-state index contributed by atoms with van der Waals surface area (Å²) in [6, 6.07) is 14.1. The van der Waals surface area contributed by atoms with Crippen molar-refractivity contribution < 1.29 is 14.0 Å². The van der Waals surface area contributed by atoms with Gasteiger partial charge in [-0.2, -0.15) is 0 Å². The first-order valence-corrected chi connectivity index (χ1v) is 11.5. The fourth-order valence-corrected chi connectivity index (χ4v) is 4.10. The number of nitrogens with one attached hydrogen (secondary N) is 2. The number of nitrogens with zero attached hydrogens (tertiary/aromatic N) is 2. The van der Waals surface area contributed by atoms with E-state index in [0.717, 1.165) is 32.4 Å². The molecule has 0 unspecified atom stereocenters. The first-order chi connectivity index (χ1) is 16.4. The van der Waals surface area contributed by atoms with Gasteiger partial charge in [0.2, 0.25) is 0 Å². The largest absolute Gasteiger partial charge is 0.357 e. The fraction of sp³-hybridized carbons (Fsp3) is 0.231. The first kappa shape index (κ1) is 23.6. The average Bonchev–Trinajstić information content (AvgIpc) is 2.85. The lowest BCUT2D eigenvalue weighted by Gasteiger charge is -2.29. The number of aromatic nitrogens is 1. The molecule has 3 aromatic rings. The highest BCUT2D eigenvalue weighted by atomic mass is 35.5. The van der Waals surface area contributed by atoms with Crippen molar-refractivity contribution in [2.45, 2.75) is 25.7 Å². The Balaban J connectivity index is 1.49. The Labute approximate surface area is 202 Å². The highest BCUT2D eigenvalue weighted by Crippen LogP contribution is 2.20. The second kappa shape index (κ2) is 10.6. The van der Waals surface area contributed by atoms with Crippen LogP contribution in [-0.4, -0.2) is 40.5 Å². The minimum absolute atomic E-state index is 0.0650. The van der Waals surface area contributed by atoms with E-state index in [1.165, 1.54) is 18.3 Å². The molecule has 0 saturated carbocycles. The van der Waals surface area contributed by atoms with E-state index in [2.05, 4.69) is 10.3 Å². The summed E-state index contributed by atoms with van der Waals surface area (Å²) < 4.78 is 14.9. The van der Waals surface area contributed by atoms with Gasteiger partial charge in [-0.05, 0) is 55.2 Å². The number of rotatable bonds is 6. The van der Waals surface area contributed by atoms with Gasteiger partial charge in [0.15, 0.2) is 5.78 Å². The Kier molecular flexibility index (Phi) is 7.33. The van der Waals surface area contributed by atoms with Crippen molar-refractivity contribution >= 4 is 34.9 Å². The Hall–Kier alpha value is -3.58. The zero-order chi connectivity index (χ0) is 24.1. The molecule has 4 rings (SSSR count). The lowest BCUT2D eigenvalue weighted by atomic mass is 9.97. The fourth-order valence-electron chi connectivity index (χ4n) is 3.99. The molecule has 174 valence electrons. The van der Waals surface area contributed by atoms with E-state index in [9.17, 15) is 14.0 Å². The lowest BCUT2D eigenvalue weighted by molar-refractivity contribution is 0.0988. The van der Waals surface area contributed by atoms with Crippen LogP contribution in [0.5, 0.6) is 0 Å². The van der Waals surface area contributed by atoms with Crippen molar-refractivity contribution in [2.75, 3.05) is 18.4 Å². The summed E-state index contributed by atoms with van der Waals surface area (Å²) in [5, 5.41) is 11.5. The number of amidine groups is 1. The molecule has 0 spiro atoms. The highest BCUT2D eigenvalue weighted by Gasteiger charge is 2.20. The number of amides is 1. The van der Waals surface area contributed by atoms with Crippen LogP contribution in [0.4, 0.5) is 10.2 Å². The molecule has 2 aromatic carbocycles. The molecule has 34 heavy (non-hydrogen) atoms. The molecule has 1 saturated heterocycles. The summed E-state index contributed by atoms with van der Waals surface area (Å²) >= 11 is 5.83. The van der Waals surface area contributed by atoms with E-state index in [-0.39, 0.29) is 17.8 Å².